The van der Waals surface area contributed by atoms with Crippen LogP contribution in [0, 0.1) is 0 Å². The zero-order chi connectivity index (χ0) is 22.9. The predicted molar refractivity (Wildman–Crippen MR) is 129 cm³/mol. The fourth-order valence-electron chi connectivity index (χ4n) is 3.03. The molecule has 33 heavy (non-hydrogen) atoms. The van der Waals surface area contributed by atoms with Gasteiger partial charge in [0.05, 0.1) is 37.4 Å². The quantitative estimate of drug-likeness (QED) is 0.230. The van der Waals surface area contributed by atoms with Gasteiger partial charge in [0.2, 0.25) is 0 Å². The summed E-state index contributed by atoms with van der Waals surface area (Å²) in [5.74, 6) is -0.690. The first kappa shape index (κ1) is 22.8. The van der Waals surface area contributed by atoms with E-state index in [2.05, 4.69) is 9.97 Å². The first-order valence-electron chi connectivity index (χ1n) is 10.5. The van der Waals surface area contributed by atoms with Crippen LogP contribution in [0.25, 0.3) is 21.1 Å². The second-order valence-electron chi connectivity index (χ2n) is 7.17. The van der Waals surface area contributed by atoms with Crippen LogP contribution in [0.15, 0.2) is 71.4 Å². The molecule has 2 heterocycles. The largest absolute Gasteiger partial charge is 0.465 e. The van der Waals surface area contributed by atoms with Crippen LogP contribution in [-0.2, 0) is 31.9 Å². The number of nitrogens with zero attached hydrogens (tertiary/aromatic N) is 2. The van der Waals surface area contributed by atoms with Crippen molar-refractivity contribution in [3.05, 3.63) is 82.8 Å². The highest BCUT2D eigenvalue weighted by atomic mass is 32.1. The molecule has 0 unspecified atom stereocenters. The van der Waals surface area contributed by atoms with Crippen LogP contribution in [0.1, 0.15) is 17.8 Å². The standard InChI is InChI=1S/C25H22N2O4S2/c28-22(14-20-16-32-24(26-20)18-8-3-1-4-9-18)30-12-7-13-31-23(29)15-21-17-33-25(27-21)19-10-5-2-6-11-19/h1-6,8-11,16-17H,7,12-15H2. The number of esters is 2. The van der Waals surface area contributed by atoms with Crippen molar-refractivity contribution in [3.8, 4) is 21.1 Å². The number of hydrogen-bond acceptors (Lipinski definition) is 8. The zero-order valence-electron chi connectivity index (χ0n) is 17.8. The Labute approximate surface area is 199 Å². The Morgan fingerprint density at radius 3 is 1.52 bits per heavy atom. The topological polar surface area (TPSA) is 78.4 Å². The van der Waals surface area contributed by atoms with E-state index >= 15 is 0 Å². The first-order chi connectivity index (χ1) is 16.2. The minimum atomic E-state index is -0.345. The van der Waals surface area contributed by atoms with Crippen molar-refractivity contribution >= 4 is 34.6 Å². The molecule has 6 nitrogen and oxygen atoms in total. The van der Waals surface area contributed by atoms with Gasteiger partial charge in [0, 0.05) is 28.3 Å². The van der Waals surface area contributed by atoms with Crippen LogP contribution in [-0.4, -0.2) is 35.1 Å². The van der Waals surface area contributed by atoms with Crippen molar-refractivity contribution in [2.45, 2.75) is 19.3 Å². The van der Waals surface area contributed by atoms with Crippen molar-refractivity contribution in [1.29, 1.82) is 0 Å². The average Bonchev–Trinajstić information content (AvgIpc) is 3.50. The molecule has 8 heteroatoms. The van der Waals surface area contributed by atoms with Crippen LogP contribution in [0.2, 0.25) is 0 Å². The summed E-state index contributed by atoms with van der Waals surface area (Å²) in [6, 6.07) is 19.7. The van der Waals surface area contributed by atoms with Crippen molar-refractivity contribution in [3.63, 3.8) is 0 Å². The summed E-state index contributed by atoms with van der Waals surface area (Å²) < 4.78 is 10.5. The third kappa shape index (κ3) is 6.81. The molecule has 4 aromatic rings. The van der Waals surface area contributed by atoms with E-state index in [9.17, 15) is 9.59 Å². The fraction of sp³-hybridized carbons (Fsp3) is 0.200. The van der Waals surface area contributed by atoms with Gasteiger partial charge in [0.15, 0.2) is 0 Å². The van der Waals surface area contributed by atoms with Crippen molar-refractivity contribution < 1.29 is 19.1 Å². The highest BCUT2D eigenvalue weighted by Gasteiger charge is 2.12. The van der Waals surface area contributed by atoms with Crippen molar-refractivity contribution in [2.24, 2.45) is 0 Å². The molecular weight excluding hydrogens is 456 g/mol. The number of hydrogen-bond donors (Lipinski definition) is 0. The van der Waals surface area contributed by atoms with Crippen LogP contribution in [0.5, 0.6) is 0 Å². The van der Waals surface area contributed by atoms with E-state index in [1.165, 1.54) is 22.7 Å². The lowest BCUT2D eigenvalue weighted by molar-refractivity contribution is -0.145. The number of thiazole rings is 2. The monoisotopic (exact) mass is 478 g/mol. The summed E-state index contributed by atoms with van der Waals surface area (Å²) in [7, 11) is 0. The summed E-state index contributed by atoms with van der Waals surface area (Å²) in [5.41, 5.74) is 3.43. The van der Waals surface area contributed by atoms with E-state index in [1.54, 1.807) is 0 Å². The molecule has 0 aliphatic rings. The summed E-state index contributed by atoms with van der Waals surface area (Å²) >= 11 is 3.00. The minimum Gasteiger partial charge on any atom is -0.465 e. The lowest BCUT2D eigenvalue weighted by atomic mass is 10.2. The Bertz CT molecular complexity index is 1100. The Hall–Kier alpha value is -3.36. The summed E-state index contributed by atoms with van der Waals surface area (Å²) in [6.07, 6.45) is 0.684. The van der Waals surface area contributed by atoms with Gasteiger partial charge >= 0.3 is 11.9 Å². The van der Waals surface area contributed by atoms with Gasteiger partial charge in [0.25, 0.3) is 0 Å². The zero-order valence-corrected chi connectivity index (χ0v) is 19.4. The molecule has 0 aliphatic carbocycles. The molecule has 0 atom stereocenters. The lowest BCUT2D eigenvalue weighted by Gasteiger charge is -2.05. The molecule has 0 bridgehead atoms. The number of ether oxygens (including phenoxy) is 2. The van der Waals surface area contributed by atoms with Gasteiger partial charge in [-0.2, -0.15) is 0 Å². The maximum absolute atomic E-state index is 12.0. The number of carbonyl (C=O) groups is 2. The normalized spacial score (nSPS) is 10.7. The highest BCUT2D eigenvalue weighted by Crippen LogP contribution is 2.24. The molecule has 0 fully saturated rings. The van der Waals surface area contributed by atoms with Gasteiger partial charge in [-0.25, -0.2) is 9.97 Å². The number of rotatable bonds is 10. The van der Waals surface area contributed by atoms with Crippen LogP contribution < -0.4 is 0 Å². The van der Waals surface area contributed by atoms with Gasteiger partial charge in [-0.1, -0.05) is 60.7 Å². The first-order valence-corrected chi connectivity index (χ1v) is 12.2. The van der Waals surface area contributed by atoms with Gasteiger partial charge in [-0.15, -0.1) is 22.7 Å². The van der Waals surface area contributed by atoms with E-state index in [1.807, 2.05) is 71.4 Å². The molecule has 2 aromatic heterocycles. The van der Waals surface area contributed by atoms with Gasteiger partial charge in [-0.05, 0) is 0 Å². The Morgan fingerprint density at radius 2 is 1.09 bits per heavy atom. The van der Waals surface area contributed by atoms with E-state index in [0.717, 1.165) is 21.1 Å². The van der Waals surface area contributed by atoms with Gasteiger partial charge in [0.1, 0.15) is 10.0 Å². The van der Waals surface area contributed by atoms with Gasteiger partial charge in [-0.3, -0.25) is 9.59 Å². The molecule has 0 saturated heterocycles. The molecular formula is C25H22N2O4S2. The SMILES string of the molecule is O=C(Cc1csc(-c2ccccc2)n1)OCCCOC(=O)Cc1csc(-c2ccccc2)n1. The second kappa shape index (κ2) is 11.5. The number of carbonyl (C=O) groups excluding carboxylic acids is 2. The van der Waals surface area contributed by atoms with Gasteiger partial charge < -0.3 is 9.47 Å². The van der Waals surface area contributed by atoms with E-state index < -0.39 is 0 Å². The third-order valence-electron chi connectivity index (χ3n) is 4.61. The Kier molecular flexibility index (Phi) is 7.94. The lowest BCUT2D eigenvalue weighted by Crippen LogP contribution is -2.13. The third-order valence-corrected chi connectivity index (χ3v) is 6.49. The molecule has 0 saturated carbocycles. The van der Waals surface area contributed by atoms with Crippen molar-refractivity contribution in [1.82, 2.24) is 9.97 Å². The molecule has 0 spiro atoms. The minimum absolute atomic E-state index is 0.122. The summed E-state index contributed by atoms with van der Waals surface area (Å²) in [5, 5.41) is 5.49. The summed E-state index contributed by atoms with van der Waals surface area (Å²) in [6.45, 7) is 0.382. The maximum atomic E-state index is 12.0. The second-order valence-corrected chi connectivity index (χ2v) is 8.88. The van der Waals surface area contributed by atoms with Crippen LogP contribution in [0.3, 0.4) is 0 Å². The summed E-state index contributed by atoms with van der Waals surface area (Å²) in [4.78, 5) is 33.1. The molecule has 0 amide bonds. The Morgan fingerprint density at radius 1 is 0.667 bits per heavy atom. The molecule has 4 rings (SSSR count). The molecule has 2 aromatic carbocycles. The van der Waals surface area contributed by atoms with E-state index in [4.69, 9.17) is 9.47 Å². The fourth-order valence-corrected chi connectivity index (χ4v) is 4.68. The predicted octanol–water partition coefficient (Wildman–Crippen LogP) is 5.20. The molecule has 168 valence electrons. The number of aromatic nitrogens is 2. The van der Waals surface area contributed by atoms with Crippen molar-refractivity contribution in [2.75, 3.05) is 13.2 Å². The van der Waals surface area contributed by atoms with Crippen LogP contribution in [0.4, 0.5) is 0 Å². The van der Waals surface area contributed by atoms with E-state index in [-0.39, 0.29) is 38.0 Å². The molecule has 0 aliphatic heterocycles. The Balaban J connectivity index is 1.12. The van der Waals surface area contributed by atoms with Crippen LogP contribution >= 0.6 is 22.7 Å². The smallest absolute Gasteiger partial charge is 0.311 e. The van der Waals surface area contributed by atoms with E-state index in [0.29, 0.717) is 17.8 Å². The number of benzene rings is 2. The maximum Gasteiger partial charge on any atom is 0.311 e. The highest BCUT2D eigenvalue weighted by molar-refractivity contribution is 7.13. The molecule has 0 N–H and O–H groups in total. The molecule has 0 radical (unpaired) electrons. The average molecular weight is 479 g/mol.